The molecule has 1 saturated heterocycles. The molecule has 6 heteroatoms. The molecule has 3 N–H and O–H groups in total. The molecular weight excluding hydrogens is 442 g/mol. The van der Waals surface area contributed by atoms with Gasteiger partial charge >= 0.3 is 5.97 Å². The van der Waals surface area contributed by atoms with E-state index in [4.69, 9.17) is 4.74 Å². The van der Waals surface area contributed by atoms with Gasteiger partial charge in [0.25, 0.3) is 5.91 Å². The van der Waals surface area contributed by atoms with E-state index in [9.17, 15) is 19.8 Å². The molecule has 0 radical (unpaired) electrons. The highest BCUT2D eigenvalue weighted by molar-refractivity contribution is 5.94. The predicted octanol–water partition coefficient (Wildman–Crippen LogP) is 3.49. The highest BCUT2D eigenvalue weighted by Crippen LogP contribution is 2.52. The molecule has 1 aromatic carbocycles. The van der Waals surface area contributed by atoms with Gasteiger partial charge in [0.1, 0.15) is 0 Å². The van der Waals surface area contributed by atoms with E-state index in [-0.39, 0.29) is 17.9 Å². The van der Waals surface area contributed by atoms with Crippen LogP contribution >= 0.6 is 0 Å². The van der Waals surface area contributed by atoms with Crippen LogP contribution < -0.4 is 5.32 Å². The van der Waals surface area contributed by atoms with Crippen LogP contribution in [0.1, 0.15) is 45.1 Å². The van der Waals surface area contributed by atoms with Gasteiger partial charge in [-0.3, -0.25) is 4.79 Å². The third kappa shape index (κ3) is 5.00. The summed E-state index contributed by atoms with van der Waals surface area (Å²) in [5, 5.41) is 24.7. The Bertz CT molecular complexity index is 1000. The minimum absolute atomic E-state index is 0.262. The maximum Gasteiger partial charge on any atom is 0.331 e. The van der Waals surface area contributed by atoms with E-state index in [0.29, 0.717) is 24.3 Å². The standard InChI is InChI=1S/C29H37NO5/c1-18-9-7-13-22(31)15-16-25(32)35-29-23(14-8-10-18)27(33)20(3)19(2)26(29)24(30-28(29)34)17-21-11-5-4-6-12-21/h4-6,8,11-12,14-16,18-19,22-24,26-27,31,33H,3,7,9-10,13,17H2,1-2H3,(H,30,34)/b14-8+,16-15+/t18-,19-,22?,23+,24+,26+,27-,29-/m1/s1. The van der Waals surface area contributed by atoms with Crippen molar-refractivity contribution in [2.45, 2.75) is 69.8 Å². The van der Waals surface area contributed by atoms with Gasteiger partial charge in [0.2, 0.25) is 5.60 Å². The Kier molecular flexibility index (Phi) is 7.62. The quantitative estimate of drug-likeness (QED) is 0.446. The number of hydrogen-bond donors (Lipinski definition) is 3. The van der Waals surface area contributed by atoms with Gasteiger partial charge in [0.15, 0.2) is 0 Å². The van der Waals surface area contributed by atoms with Crippen LogP contribution in [-0.2, 0) is 20.7 Å². The van der Waals surface area contributed by atoms with Gasteiger partial charge in [-0.1, -0.05) is 75.8 Å². The Balaban J connectivity index is 1.78. The van der Waals surface area contributed by atoms with Gasteiger partial charge in [-0.15, -0.1) is 0 Å². The SMILES string of the molecule is C=C1[C@@H](C)[C@H]2[C@H](Cc3ccccc3)NC(=O)[C@]23OC(=O)/C=C/C(O)CCC[C@@H](C)C/C=C/[C@H]3[C@@H]1O. The largest absolute Gasteiger partial charge is 0.445 e. The maximum atomic E-state index is 13.7. The smallest absolute Gasteiger partial charge is 0.331 e. The van der Waals surface area contributed by atoms with Crippen molar-refractivity contribution in [3.05, 3.63) is 72.4 Å². The molecule has 0 aromatic heterocycles. The average molecular weight is 480 g/mol. The molecule has 1 aliphatic carbocycles. The van der Waals surface area contributed by atoms with Crippen molar-refractivity contribution in [2.24, 2.45) is 23.7 Å². The van der Waals surface area contributed by atoms with Crippen LogP contribution in [0.3, 0.4) is 0 Å². The van der Waals surface area contributed by atoms with Crippen molar-refractivity contribution >= 4 is 11.9 Å². The van der Waals surface area contributed by atoms with Gasteiger partial charge in [0, 0.05) is 18.0 Å². The number of allylic oxidation sites excluding steroid dienone is 1. The molecule has 1 aromatic rings. The number of nitrogens with one attached hydrogen (secondary N) is 1. The zero-order chi connectivity index (χ0) is 25.2. The molecule has 35 heavy (non-hydrogen) atoms. The number of aliphatic hydroxyl groups excluding tert-OH is 2. The molecule has 6 nitrogen and oxygen atoms in total. The van der Waals surface area contributed by atoms with Gasteiger partial charge in [0.05, 0.1) is 18.1 Å². The van der Waals surface area contributed by atoms with Crippen molar-refractivity contribution < 1.29 is 24.5 Å². The van der Waals surface area contributed by atoms with Crippen molar-refractivity contribution in [3.63, 3.8) is 0 Å². The fraction of sp³-hybridized carbons (Fsp3) is 0.517. The number of esters is 1. The van der Waals surface area contributed by atoms with Crippen LogP contribution in [0.4, 0.5) is 0 Å². The van der Waals surface area contributed by atoms with Gasteiger partial charge in [-0.05, 0) is 48.3 Å². The first-order valence-corrected chi connectivity index (χ1v) is 12.7. The number of ether oxygens (including phenoxy) is 1. The maximum absolute atomic E-state index is 13.7. The molecule has 2 fully saturated rings. The second-order valence-corrected chi connectivity index (χ2v) is 10.5. The lowest BCUT2D eigenvalue weighted by molar-refractivity contribution is -0.182. The highest BCUT2D eigenvalue weighted by Gasteiger charge is 2.67. The second kappa shape index (κ2) is 10.5. The van der Waals surface area contributed by atoms with Crippen molar-refractivity contribution in [1.82, 2.24) is 5.32 Å². The summed E-state index contributed by atoms with van der Waals surface area (Å²) in [6.07, 6.45) is 8.39. The Hall–Kier alpha value is -2.70. The number of aliphatic hydroxyl groups is 2. The van der Waals surface area contributed by atoms with Crippen LogP contribution in [0.15, 0.2) is 66.8 Å². The summed E-state index contributed by atoms with van der Waals surface area (Å²) in [5.74, 6) is -2.13. The third-order valence-electron chi connectivity index (χ3n) is 8.04. The molecular formula is C29H37NO5. The number of benzene rings is 1. The molecule has 188 valence electrons. The number of amides is 1. The Labute approximate surface area is 207 Å². The molecule has 2 heterocycles. The fourth-order valence-electron chi connectivity index (χ4n) is 6.09. The first-order valence-electron chi connectivity index (χ1n) is 12.7. The lowest BCUT2D eigenvalue weighted by atomic mass is 9.59. The zero-order valence-electron chi connectivity index (χ0n) is 20.6. The van der Waals surface area contributed by atoms with E-state index in [1.807, 2.05) is 49.4 Å². The van der Waals surface area contributed by atoms with Crippen molar-refractivity contribution in [2.75, 3.05) is 0 Å². The first kappa shape index (κ1) is 25.4. The lowest BCUT2D eigenvalue weighted by Crippen LogP contribution is -2.61. The van der Waals surface area contributed by atoms with Gasteiger partial charge in [-0.2, -0.15) is 0 Å². The molecule has 3 aliphatic rings. The highest BCUT2D eigenvalue weighted by atomic mass is 16.6. The van der Waals surface area contributed by atoms with E-state index >= 15 is 0 Å². The van der Waals surface area contributed by atoms with Crippen LogP contribution in [0.25, 0.3) is 0 Å². The fourth-order valence-corrected chi connectivity index (χ4v) is 6.09. The van der Waals surface area contributed by atoms with Crippen LogP contribution in [0, 0.1) is 23.7 Å². The molecule has 8 atom stereocenters. The van der Waals surface area contributed by atoms with Crippen molar-refractivity contribution in [3.8, 4) is 0 Å². The first-order chi connectivity index (χ1) is 16.7. The summed E-state index contributed by atoms with van der Waals surface area (Å²) in [5.41, 5.74) is 0.136. The molecule has 2 aliphatic heterocycles. The van der Waals surface area contributed by atoms with Gasteiger partial charge in [-0.25, -0.2) is 4.79 Å². The average Bonchev–Trinajstić information content (AvgIpc) is 3.09. The molecule has 1 unspecified atom stereocenters. The zero-order valence-corrected chi connectivity index (χ0v) is 20.6. The summed E-state index contributed by atoms with van der Waals surface area (Å²) in [7, 11) is 0. The Morgan fingerprint density at radius 2 is 1.86 bits per heavy atom. The minimum Gasteiger partial charge on any atom is -0.445 e. The third-order valence-corrected chi connectivity index (χ3v) is 8.04. The number of hydrogen-bond acceptors (Lipinski definition) is 5. The minimum atomic E-state index is -1.57. The topological polar surface area (TPSA) is 95.9 Å². The molecule has 4 rings (SSSR count). The molecule has 1 saturated carbocycles. The molecule has 1 amide bonds. The van der Waals surface area contributed by atoms with E-state index in [0.717, 1.165) is 24.8 Å². The summed E-state index contributed by atoms with van der Waals surface area (Å²) >= 11 is 0. The number of rotatable bonds is 2. The van der Waals surface area contributed by atoms with Gasteiger partial charge < -0.3 is 20.3 Å². The predicted molar refractivity (Wildman–Crippen MR) is 134 cm³/mol. The van der Waals surface area contributed by atoms with Crippen LogP contribution in [0.2, 0.25) is 0 Å². The second-order valence-electron chi connectivity index (χ2n) is 10.5. The summed E-state index contributed by atoms with van der Waals surface area (Å²) in [6, 6.07) is 9.59. The molecule has 1 spiro atoms. The normalized spacial score (nSPS) is 40.0. The molecule has 0 bridgehead atoms. The van der Waals surface area contributed by atoms with Crippen molar-refractivity contribution in [1.29, 1.82) is 0 Å². The van der Waals surface area contributed by atoms with Crippen LogP contribution in [0.5, 0.6) is 0 Å². The van der Waals surface area contributed by atoms with E-state index in [2.05, 4.69) is 18.8 Å². The number of carbonyl (C=O) groups excluding carboxylic acids is 2. The number of carbonyl (C=O) groups is 2. The monoisotopic (exact) mass is 479 g/mol. The summed E-state index contributed by atoms with van der Waals surface area (Å²) < 4.78 is 6.05. The van der Waals surface area contributed by atoms with Crippen LogP contribution in [-0.4, -0.2) is 45.9 Å². The Morgan fingerprint density at radius 1 is 1.11 bits per heavy atom. The summed E-state index contributed by atoms with van der Waals surface area (Å²) in [4.78, 5) is 26.8. The summed E-state index contributed by atoms with van der Waals surface area (Å²) in [6.45, 7) is 8.27. The Morgan fingerprint density at radius 3 is 2.60 bits per heavy atom. The van der Waals surface area contributed by atoms with E-state index in [1.54, 1.807) is 0 Å². The van der Waals surface area contributed by atoms with E-state index < -0.39 is 35.6 Å². The lowest BCUT2D eigenvalue weighted by Gasteiger charge is -2.49. The van der Waals surface area contributed by atoms with E-state index in [1.165, 1.54) is 12.2 Å².